The summed E-state index contributed by atoms with van der Waals surface area (Å²) in [5.41, 5.74) is -0.274. The molecule has 0 heterocycles. The topological polar surface area (TPSA) is 115 Å². The number of aromatic carboxylic acids is 2. The molecule has 6 nitrogen and oxygen atoms in total. The van der Waals surface area contributed by atoms with Crippen molar-refractivity contribution in [2.75, 3.05) is 0 Å². The lowest BCUT2D eigenvalue weighted by Gasteiger charge is -2.22. The van der Waals surface area contributed by atoms with E-state index in [4.69, 9.17) is 20.4 Å². The van der Waals surface area contributed by atoms with Gasteiger partial charge in [-0.1, -0.05) is 43.3 Å². The van der Waals surface area contributed by atoms with Crippen molar-refractivity contribution in [2.45, 2.75) is 38.9 Å². The molecule has 0 fully saturated rings. The Morgan fingerprint density at radius 2 is 1.15 bits per heavy atom. The van der Waals surface area contributed by atoms with Crippen molar-refractivity contribution in [3.8, 4) is 0 Å². The van der Waals surface area contributed by atoms with Gasteiger partial charge in [0, 0.05) is 0 Å². The predicted octanol–water partition coefficient (Wildman–Crippen LogP) is 3.30. The van der Waals surface area contributed by atoms with Gasteiger partial charge in [0.15, 0.2) is 0 Å². The number of rotatable bonds is 4. The zero-order valence-corrected chi connectivity index (χ0v) is 15.2. The maximum Gasteiger partial charge on any atom is 0.335 e. The third-order valence-electron chi connectivity index (χ3n) is 3.24. The molecular weight excluding hydrogens is 336 g/mol. The zero-order valence-electron chi connectivity index (χ0n) is 15.2. The molecule has 0 saturated carbocycles. The molecule has 26 heavy (non-hydrogen) atoms. The normalized spacial score (nSPS) is 11.1. The van der Waals surface area contributed by atoms with E-state index in [-0.39, 0.29) is 0 Å². The molecule has 0 radical (unpaired) electrons. The first-order chi connectivity index (χ1) is 12.1. The lowest BCUT2D eigenvalue weighted by molar-refractivity contribution is -0.0488. The molecule has 0 aliphatic rings. The number of aliphatic hydroxyl groups excluding tert-OH is 1. The molecule has 1 atom stereocenters. The third-order valence-corrected chi connectivity index (χ3v) is 3.24. The summed E-state index contributed by atoms with van der Waals surface area (Å²) in [6.45, 7) is 5.03. The summed E-state index contributed by atoms with van der Waals surface area (Å²) in [5.74, 6) is -1.76. The molecule has 0 aromatic heterocycles. The van der Waals surface area contributed by atoms with E-state index in [0.717, 1.165) is 0 Å². The van der Waals surface area contributed by atoms with E-state index in [9.17, 15) is 9.59 Å². The predicted molar refractivity (Wildman–Crippen MR) is 99.4 cm³/mol. The monoisotopic (exact) mass is 362 g/mol. The molecule has 142 valence electrons. The molecular formula is C20H26O6. The van der Waals surface area contributed by atoms with E-state index in [1.807, 2.05) is 6.92 Å². The number of carboxylic acids is 2. The Morgan fingerprint density at radius 3 is 1.27 bits per heavy atom. The molecule has 0 saturated heterocycles. The molecule has 0 aliphatic heterocycles. The average Bonchev–Trinajstić information content (AvgIpc) is 2.62. The van der Waals surface area contributed by atoms with Gasteiger partial charge in [0.25, 0.3) is 0 Å². The minimum atomic E-state index is -0.936. The van der Waals surface area contributed by atoms with Crippen molar-refractivity contribution in [1.82, 2.24) is 0 Å². The van der Waals surface area contributed by atoms with Crippen molar-refractivity contribution < 1.29 is 30.0 Å². The fourth-order valence-electron chi connectivity index (χ4n) is 1.66. The summed E-state index contributed by atoms with van der Waals surface area (Å²) < 4.78 is 0. The van der Waals surface area contributed by atoms with E-state index < -0.39 is 23.6 Å². The number of carboxylic acid groups (broad SMARTS) is 2. The van der Waals surface area contributed by atoms with Crippen LogP contribution in [0.4, 0.5) is 0 Å². The first-order valence-corrected chi connectivity index (χ1v) is 8.06. The number of hydrogen-bond donors (Lipinski definition) is 4. The van der Waals surface area contributed by atoms with E-state index in [1.54, 1.807) is 74.5 Å². The number of aliphatic hydroxyl groups is 2. The summed E-state index contributed by atoms with van der Waals surface area (Å²) in [5, 5.41) is 34.8. The smallest absolute Gasteiger partial charge is 0.335 e. The molecule has 4 N–H and O–H groups in total. The quantitative estimate of drug-likeness (QED) is 0.663. The number of carbonyl (C=O) groups is 2. The van der Waals surface area contributed by atoms with Gasteiger partial charge in [0.05, 0.1) is 22.8 Å². The van der Waals surface area contributed by atoms with Gasteiger partial charge in [-0.15, -0.1) is 0 Å². The fraction of sp³-hybridized carbons (Fsp3) is 0.300. The van der Waals surface area contributed by atoms with Crippen molar-refractivity contribution in [2.24, 2.45) is 0 Å². The van der Waals surface area contributed by atoms with Crippen molar-refractivity contribution in [1.29, 1.82) is 0 Å². The minimum absolute atomic E-state index is 0.331. The van der Waals surface area contributed by atoms with Crippen LogP contribution in [0.3, 0.4) is 0 Å². The number of benzene rings is 2. The fourth-order valence-corrected chi connectivity index (χ4v) is 1.66. The highest BCUT2D eigenvalue weighted by Gasteiger charge is 2.21. The standard InChI is InChI=1S/2C7H6O2.C6H14O2/c2*8-7(9)6-4-2-1-3-5-6;1-4-5(7)6(2,3)8/h2*1-5H,(H,8,9);5,7-8H,4H2,1-3H3. The summed E-state index contributed by atoms with van der Waals surface area (Å²) >= 11 is 0. The van der Waals surface area contributed by atoms with Gasteiger partial charge in [-0.25, -0.2) is 9.59 Å². The van der Waals surface area contributed by atoms with Gasteiger partial charge in [-0.2, -0.15) is 0 Å². The Kier molecular flexibility index (Phi) is 10.6. The summed E-state index contributed by atoms with van der Waals surface area (Å²) in [7, 11) is 0. The van der Waals surface area contributed by atoms with Crippen LogP contribution in [0.15, 0.2) is 60.7 Å². The van der Waals surface area contributed by atoms with Crippen LogP contribution in [0.5, 0.6) is 0 Å². The van der Waals surface area contributed by atoms with Crippen LogP contribution in [-0.2, 0) is 0 Å². The average molecular weight is 362 g/mol. The first-order valence-electron chi connectivity index (χ1n) is 8.06. The van der Waals surface area contributed by atoms with Gasteiger partial charge < -0.3 is 20.4 Å². The summed E-state index contributed by atoms with van der Waals surface area (Å²) in [6.07, 6.45) is 0.00579. The van der Waals surface area contributed by atoms with Crippen molar-refractivity contribution in [3.63, 3.8) is 0 Å². The van der Waals surface area contributed by atoms with Gasteiger partial charge in [0.1, 0.15) is 0 Å². The maximum absolute atomic E-state index is 10.2. The highest BCUT2D eigenvalue weighted by atomic mass is 16.4. The van der Waals surface area contributed by atoms with Crippen LogP contribution in [0.25, 0.3) is 0 Å². The maximum atomic E-state index is 10.2. The van der Waals surface area contributed by atoms with Gasteiger partial charge >= 0.3 is 11.9 Å². The van der Waals surface area contributed by atoms with Crippen molar-refractivity contribution >= 4 is 11.9 Å². The number of hydrogen-bond acceptors (Lipinski definition) is 4. The lowest BCUT2D eigenvalue weighted by Crippen LogP contribution is -2.34. The van der Waals surface area contributed by atoms with Crippen LogP contribution >= 0.6 is 0 Å². The van der Waals surface area contributed by atoms with Crippen LogP contribution in [0, 0.1) is 0 Å². The van der Waals surface area contributed by atoms with Gasteiger partial charge in [-0.3, -0.25) is 0 Å². The highest BCUT2D eigenvalue weighted by molar-refractivity contribution is 5.87. The first kappa shape index (κ1) is 23.3. The molecule has 0 amide bonds. The molecule has 6 heteroatoms. The van der Waals surface area contributed by atoms with E-state index in [2.05, 4.69) is 0 Å². The molecule has 1 unspecified atom stereocenters. The van der Waals surface area contributed by atoms with Crippen molar-refractivity contribution in [3.05, 3.63) is 71.8 Å². The van der Waals surface area contributed by atoms with Crippen LogP contribution in [-0.4, -0.2) is 44.1 Å². The molecule has 0 spiro atoms. The van der Waals surface area contributed by atoms with Gasteiger partial charge in [0.2, 0.25) is 0 Å². The van der Waals surface area contributed by atoms with Crippen LogP contribution in [0.2, 0.25) is 0 Å². The zero-order chi connectivity index (χ0) is 20.2. The Bertz CT molecular complexity index is 598. The third kappa shape index (κ3) is 10.2. The largest absolute Gasteiger partial charge is 0.478 e. The van der Waals surface area contributed by atoms with E-state index in [1.165, 1.54) is 0 Å². The van der Waals surface area contributed by atoms with Gasteiger partial charge in [-0.05, 0) is 44.5 Å². The lowest BCUT2D eigenvalue weighted by atomic mass is 10.0. The molecule has 2 rings (SSSR count). The van der Waals surface area contributed by atoms with E-state index in [0.29, 0.717) is 17.5 Å². The SMILES string of the molecule is CCC(O)C(C)(C)O.O=C(O)c1ccccc1.O=C(O)c1ccccc1. The van der Waals surface area contributed by atoms with Crippen LogP contribution in [0.1, 0.15) is 47.9 Å². The Balaban J connectivity index is 0.000000362. The summed E-state index contributed by atoms with van der Waals surface area (Å²) in [4.78, 5) is 20.4. The summed E-state index contributed by atoms with van der Waals surface area (Å²) in [6, 6.07) is 16.6. The molecule has 2 aromatic rings. The minimum Gasteiger partial charge on any atom is -0.478 e. The second-order valence-corrected chi connectivity index (χ2v) is 5.92. The molecule has 0 bridgehead atoms. The molecule has 2 aromatic carbocycles. The Labute approximate surface area is 153 Å². The molecule has 0 aliphatic carbocycles. The van der Waals surface area contributed by atoms with Crippen LogP contribution < -0.4 is 0 Å². The second-order valence-electron chi connectivity index (χ2n) is 5.92. The second kappa shape index (κ2) is 11.8. The van der Waals surface area contributed by atoms with E-state index >= 15 is 0 Å². The Hall–Kier alpha value is -2.70. The Morgan fingerprint density at radius 1 is 0.846 bits per heavy atom. The highest BCUT2D eigenvalue weighted by Crippen LogP contribution is 2.10.